The second-order valence-electron chi connectivity index (χ2n) is 6.47. The van der Waals surface area contributed by atoms with Crippen LogP contribution in [0.4, 0.5) is 5.69 Å². The molecule has 2 amide bonds. The summed E-state index contributed by atoms with van der Waals surface area (Å²) in [5, 5.41) is 6.76. The standard InChI is InChI=1S/C23H17Cl2N3O5/c1-32-17-8-6-16(7-9-17)27-21(29)22(30)28-26-13-14-3-2-4-18(11-14)33-23(31)19-10-5-15(24)12-20(19)25/h2-13H,1H3,(H,27,29)(H,28,30). The molecule has 168 valence electrons. The van der Waals surface area contributed by atoms with Crippen molar-refractivity contribution in [2.45, 2.75) is 0 Å². The van der Waals surface area contributed by atoms with Crippen LogP contribution in [-0.4, -0.2) is 31.1 Å². The summed E-state index contributed by atoms with van der Waals surface area (Å²) in [5.74, 6) is -1.65. The van der Waals surface area contributed by atoms with Gasteiger partial charge in [-0.15, -0.1) is 0 Å². The summed E-state index contributed by atoms with van der Waals surface area (Å²) in [6.07, 6.45) is 1.30. The van der Waals surface area contributed by atoms with E-state index >= 15 is 0 Å². The fourth-order valence-corrected chi connectivity index (χ4v) is 3.04. The molecule has 0 bridgehead atoms. The lowest BCUT2D eigenvalue weighted by Crippen LogP contribution is -2.32. The van der Waals surface area contributed by atoms with Crippen LogP contribution < -0.4 is 20.2 Å². The van der Waals surface area contributed by atoms with Crippen LogP contribution in [-0.2, 0) is 9.59 Å². The first-order valence-electron chi connectivity index (χ1n) is 9.41. The van der Waals surface area contributed by atoms with Gasteiger partial charge in [-0.2, -0.15) is 5.10 Å². The van der Waals surface area contributed by atoms with Crippen molar-refractivity contribution >= 4 is 52.9 Å². The SMILES string of the molecule is COc1ccc(NC(=O)C(=O)NN=Cc2cccc(OC(=O)c3ccc(Cl)cc3Cl)c2)cc1. The zero-order chi connectivity index (χ0) is 23.8. The molecule has 0 aliphatic rings. The number of hydrazone groups is 1. The van der Waals surface area contributed by atoms with Gasteiger partial charge in [-0.05, 0) is 60.2 Å². The third kappa shape index (κ3) is 6.80. The number of benzene rings is 3. The minimum absolute atomic E-state index is 0.162. The van der Waals surface area contributed by atoms with Gasteiger partial charge in [-0.3, -0.25) is 9.59 Å². The summed E-state index contributed by atoms with van der Waals surface area (Å²) in [6.45, 7) is 0. The van der Waals surface area contributed by atoms with Crippen LogP contribution in [0.2, 0.25) is 10.0 Å². The van der Waals surface area contributed by atoms with Crippen LogP contribution in [0.25, 0.3) is 0 Å². The lowest BCUT2D eigenvalue weighted by Gasteiger charge is -2.07. The maximum absolute atomic E-state index is 12.3. The molecule has 2 N–H and O–H groups in total. The monoisotopic (exact) mass is 485 g/mol. The van der Waals surface area contributed by atoms with Gasteiger partial charge in [0.15, 0.2) is 0 Å². The highest BCUT2D eigenvalue weighted by atomic mass is 35.5. The van der Waals surface area contributed by atoms with Crippen molar-refractivity contribution in [1.29, 1.82) is 0 Å². The number of carbonyl (C=O) groups excluding carboxylic acids is 3. The number of hydrogen-bond acceptors (Lipinski definition) is 6. The molecule has 8 nitrogen and oxygen atoms in total. The third-order valence-electron chi connectivity index (χ3n) is 4.15. The van der Waals surface area contributed by atoms with Crippen LogP contribution in [0.1, 0.15) is 15.9 Å². The van der Waals surface area contributed by atoms with Crippen molar-refractivity contribution in [1.82, 2.24) is 5.43 Å². The number of ether oxygens (including phenoxy) is 2. The maximum atomic E-state index is 12.3. The molecule has 3 aromatic rings. The van der Waals surface area contributed by atoms with Gasteiger partial charge in [0.2, 0.25) is 0 Å². The van der Waals surface area contributed by atoms with E-state index in [4.69, 9.17) is 32.7 Å². The van der Waals surface area contributed by atoms with E-state index in [1.807, 2.05) is 0 Å². The molecule has 10 heteroatoms. The van der Waals surface area contributed by atoms with Crippen LogP contribution in [0, 0.1) is 0 Å². The fourth-order valence-electron chi connectivity index (χ4n) is 2.55. The Bertz CT molecular complexity index is 1210. The second-order valence-corrected chi connectivity index (χ2v) is 7.31. The van der Waals surface area contributed by atoms with Crippen LogP contribution in [0.3, 0.4) is 0 Å². The predicted molar refractivity (Wildman–Crippen MR) is 125 cm³/mol. The summed E-state index contributed by atoms with van der Waals surface area (Å²) >= 11 is 11.9. The lowest BCUT2D eigenvalue weighted by molar-refractivity contribution is -0.136. The van der Waals surface area contributed by atoms with Gasteiger partial charge >= 0.3 is 17.8 Å². The lowest BCUT2D eigenvalue weighted by atomic mass is 10.2. The molecule has 0 heterocycles. The summed E-state index contributed by atoms with van der Waals surface area (Å²) < 4.78 is 10.4. The number of carbonyl (C=O) groups is 3. The molecule has 0 saturated carbocycles. The average Bonchev–Trinajstić information content (AvgIpc) is 2.79. The summed E-state index contributed by atoms with van der Waals surface area (Å²) in [7, 11) is 1.52. The van der Waals surface area contributed by atoms with Crippen molar-refractivity contribution in [3.05, 3.63) is 87.9 Å². The van der Waals surface area contributed by atoms with E-state index in [0.29, 0.717) is 22.0 Å². The summed E-state index contributed by atoms with van der Waals surface area (Å²) in [6, 6.07) is 17.3. The number of rotatable bonds is 6. The minimum Gasteiger partial charge on any atom is -0.497 e. The molecule has 0 aliphatic heterocycles. The van der Waals surface area contributed by atoms with E-state index in [9.17, 15) is 14.4 Å². The molecule has 0 unspecified atom stereocenters. The topological polar surface area (TPSA) is 106 Å². The first-order chi connectivity index (χ1) is 15.9. The number of methoxy groups -OCH3 is 1. The average molecular weight is 486 g/mol. The summed E-state index contributed by atoms with van der Waals surface area (Å²) in [5.41, 5.74) is 3.23. The molecule has 0 radical (unpaired) electrons. The number of nitrogens with zero attached hydrogens (tertiary/aromatic N) is 1. The van der Waals surface area contributed by atoms with E-state index in [1.54, 1.807) is 42.5 Å². The Kier molecular flexibility index (Phi) is 8.01. The quantitative estimate of drug-likeness (QED) is 0.178. The Balaban J connectivity index is 1.56. The third-order valence-corrected chi connectivity index (χ3v) is 4.70. The Hall–Kier alpha value is -3.88. The molecule has 0 atom stereocenters. The maximum Gasteiger partial charge on any atom is 0.345 e. The number of anilines is 1. The van der Waals surface area contributed by atoms with E-state index in [-0.39, 0.29) is 16.3 Å². The molecule has 33 heavy (non-hydrogen) atoms. The van der Waals surface area contributed by atoms with Crippen molar-refractivity contribution < 1.29 is 23.9 Å². The Morgan fingerprint density at radius 1 is 0.909 bits per heavy atom. The van der Waals surface area contributed by atoms with E-state index in [0.717, 1.165) is 0 Å². The zero-order valence-electron chi connectivity index (χ0n) is 17.2. The van der Waals surface area contributed by atoms with Crippen molar-refractivity contribution in [2.75, 3.05) is 12.4 Å². The van der Waals surface area contributed by atoms with Gasteiger partial charge in [0.1, 0.15) is 11.5 Å². The largest absolute Gasteiger partial charge is 0.497 e. The molecule has 3 rings (SSSR count). The Labute approximate surface area is 199 Å². The summed E-state index contributed by atoms with van der Waals surface area (Å²) in [4.78, 5) is 36.2. The highest BCUT2D eigenvalue weighted by Gasteiger charge is 2.14. The fraction of sp³-hybridized carbons (Fsp3) is 0.0435. The van der Waals surface area contributed by atoms with Crippen molar-refractivity contribution in [3.8, 4) is 11.5 Å². The molecule has 0 aliphatic carbocycles. The first kappa shape index (κ1) is 23.8. The van der Waals surface area contributed by atoms with Gasteiger partial charge in [0, 0.05) is 10.7 Å². The highest BCUT2D eigenvalue weighted by Crippen LogP contribution is 2.23. The Morgan fingerprint density at radius 2 is 1.67 bits per heavy atom. The smallest absolute Gasteiger partial charge is 0.345 e. The van der Waals surface area contributed by atoms with E-state index < -0.39 is 17.8 Å². The Morgan fingerprint density at radius 3 is 2.36 bits per heavy atom. The number of nitrogens with one attached hydrogen (secondary N) is 2. The second kappa shape index (κ2) is 11.1. The van der Waals surface area contributed by atoms with Crippen molar-refractivity contribution in [2.24, 2.45) is 5.10 Å². The number of amides is 2. The van der Waals surface area contributed by atoms with Crippen LogP contribution in [0.15, 0.2) is 71.8 Å². The predicted octanol–water partition coefficient (Wildman–Crippen LogP) is 4.31. The van der Waals surface area contributed by atoms with Crippen LogP contribution in [0.5, 0.6) is 11.5 Å². The van der Waals surface area contributed by atoms with Gasteiger partial charge in [0.05, 0.1) is 23.9 Å². The highest BCUT2D eigenvalue weighted by molar-refractivity contribution is 6.39. The molecular formula is C23H17Cl2N3O5. The first-order valence-corrected chi connectivity index (χ1v) is 10.2. The molecular weight excluding hydrogens is 469 g/mol. The minimum atomic E-state index is -0.956. The van der Waals surface area contributed by atoms with Gasteiger partial charge in [-0.1, -0.05) is 35.3 Å². The van der Waals surface area contributed by atoms with Gasteiger partial charge in [0.25, 0.3) is 0 Å². The molecule has 3 aromatic carbocycles. The van der Waals surface area contributed by atoms with E-state index in [2.05, 4.69) is 15.8 Å². The molecule has 0 saturated heterocycles. The van der Waals surface area contributed by atoms with Crippen molar-refractivity contribution in [3.63, 3.8) is 0 Å². The van der Waals surface area contributed by atoms with Gasteiger partial charge in [-0.25, -0.2) is 10.2 Å². The normalized spacial score (nSPS) is 10.5. The zero-order valence-corrected chi connectivity index (χ0v) is 18.7. The molecule has 0 fully saturated rings. The number of halogens is 2. The number of esters is 1. The number of hydrogen-bond donors (Lipinski definition) is 2. The molecule has 0 spiro atoms. The van der Waals surface area contributed by atoms with E-state index in [1.165, 1.54) is 37.6 Å². The van der Waals surface area contributed by atoms with Crippen LogP contribution >= 0.6 is 23.2 Å². The molecule has 0 aromatic heterocycles. The van der Waals surface area contributed by atoms with Gasteiger partial charge < -0.3 is 14.8 Å².